The van der Waals surface area contributed by atoms with Crippen molar-refractivity contribution in [3.63, 3.8) is 0 Å². The van der Waals surface area contributed by atoms with Gasteiger partial charge in [-0.15, -0.1) is 0 Å². The van der Waals surface area contributed by atoms with E-state index in [-0.39, 0.29) is 0 Å². The molecular formula is C46H26O2. The van der Waals surface area contributed by atoms with Crippen LogP contribution in [0, 0.1) is 0 Å². The van der Waals surface area contributed by atoms with Crippen LogP contribution in [0.4, 0.5) is 0 Å². The van der Waals surface area contributed by atoms with Crippen molar-refractivity contribution >= 4 is 87.0 Å². The summed E-state index contributed by atoms with van der Waals surface area (Å²) in [6.07, 6.45) is 0. The van der Waals surface area contributed by atoms with Crippen LogP contribution >= 0.6 is 0 Å². The van der Waals surface area contributed by atoms with Gasteiger partial charge in [-0.25, -0.2) is 0 Å². The zero-order valence-electron chi connectivity index (χ0n) is 25.8. The maximum Gasteiger partial charge on any atom is 0.143 e. The van der Waals surface area contributed by atoms with E-state index >= 15 is 0 Å². The number of furan rings is 2. The average Bonchev–Trinajstić information content (AvgIpc) is 3.69. The fourth-order valence-corrected chi connectivity index (χ4v) is 8.02. The lowest BCUT2D eigenvalue weighted by Gasteiger charge is -2.18. The van der Waals surface area contributed by atoms with Gasteiger partial charge in [-0.3, -0.25) is 0 Å². The van der Waals surface area contributed by atoms with Crippen molar-refractivity contribution in [1.82, 2.24) is 0 Å². The quantitative estimate of drug-likeness (QED) is 0.182. The zero-order chi connectivity index (χ0) is 31.3. The first-order valence-corrected chi connectivity index (χ1v) is 16.4. The Kier molecular flexibility index (Phi) is 5.14. The molecule has 0 saturated heterocycles. The van der Waals surface area contributed by atoms with Gasteiger partial charge >= 0.3 is 0 Å². The third-order valence-electron chi connectivity index (χ3n) is 10.2. The molecule has 0 radical (unpaired) electrons. The molecular weight excluding hydrogens is 585 g/mol. The van der Waals surface area contributed by atoms with Crippen LogP contribution in [0.15, 0.2) is 167 Å². The van der Waals surface area contributed by atoms with Crippen LogP contribution in [0.2, 0.25) is 0 Å². The van der Waals surface area contributed by atoms with Crippen molar-refractivity contribution in [3.8, 4) is 22.3 Å². The molecule has 0 bridgehead atoms. The Bertz CT molecular complexity index is 3060. The first-order valence-electron chi connectivity index (χ1n) is 16.4. The van der Waals surface area contributed by atoms with Gasteiger partial charge in [0.25, 0.3) is 0 Å². The molecule has 11 aromatic rings. The molecule has 0 aliphatic carbocycles. The van der Waals surface area contributed by atoms with E-state index in [1.807, 2.05) is 0 Å². The number of fused-ring (bicyclic) bond motifs is 11. The largest absolute Gasteiger partial charge is 0.456 e. The molecule has 0 aliphatic heterocycles. The van der Waals surface area contributed by atoms with Crippen LogP contribution in [-0.2, 0) is 0 Å². The van der Waals surface area contributed by atoms with Gasteiger partial charge < -0.3 is 8.83 Å². The normalized spacial score (nSPS) is 12.2. The molecule has 9 aromatic carbocycles. The summed E-state index contributed by atoms with van der Waals surface area (Å²) in [5.74, 6) is 0. The summed E-state index contributed by atoms with van der Waals surface area (Å²) in [5, 5.41) is 14.1. The lowest BCUT2D eigenvalue weighted by molar-refractivity contribution is 0.665. The second-order valence-electron chi connectivity index (χ2n) is 12.8. The second kappa shape index (κ2) is 9.57. The highest BCUT2D eigenvalue weighted by molar-refractivity contribution is 6.23. The van der Waals surface area contributed by atoms with Gasteiger partial charge in [0.05, 0.1) is 0 Å². The van der Waals surface area contributed by atoms with Crippen LogP contribution in [0.25, 0.3) is 109 Å². The Morgan fingerprint density at radius 1 is 0.271 bits per heavy atom. The summed E-state index contributed by atoms with van der Waals surface area (Å²) in [5.41, 5.74) is 8.39. The fourth-order valence-electron chi connectivity index (χ4n) is 8.02. The van der Waals surface area contributed by atoms with Crippen LogP contribution in [-0.4, -0.2) is 0 Å². The van der Waals surface area contributed by atoms with Crippen LogP contribution in [0.1, 0.15) is 0 Å². The average molecular weight is 611 g/mol. The molecule has 2 heteroatoms. The molecule has 2 nitrogen and oxygen atoms in total. The zero-order valence-corrected chi connectivity index (χ0v) is 25.8. The molecule has 0 amide bonds. The minimum Gasteiger partial charge on any atom is -0.456 e. The summed E-state index contributed by atoms with van der Waals surface area (Å²) in [4.78, 5) is 0. The number of hydrogen-bond acceptors (Lipinski definition) is 2. The van der Waals surface area contributed by atoms with Crippen molar-refractivity contribution < 1.29 is 8.83 Å². The van der Waals surface area contributed by atoms with E-state index in [9.17, 15) is 0 Å². The van der Waals surface area contributed by atoms with E-state index in [4.69, 9.17) is 8.83 Å². The van der Waals surface area contributed by atoms with Crippen molar-refractivity contribution in [3.05, 3.63) is 158 Å². The molecule has 222 valence electrons. The maximum absolute atomic E-state index is 6.64. The number of hydrogen-bond donors (Lipinski definition) is 0. The standard InChI is InChI=1S/C46H26O2/c1-2-11-29-23-30(18-17-27(29)9-1)44-34-13-5-7-15-36(34)45(37-16-8-6-14-35(37)44)31-20-21-33-39-25-43-40(26-42(39)47-41(33)24-31)38-22-19-28-10-3-4-12-32(28)46(38)48-43/h1-26H. The molecule has 2 heterocycles. The Hall–Kier alpha value is -6.38. The van der Waals surface area contributed by atoms with Crippen LogP contribution < -0.4 is 0 Å². The molecule has 48 heavy (non-hydrogen) atoms. The predicted octanol–water partition coefficient (Wildman–Crippen LogP) is 13.4. The van der Waals surface area contributed by atoms with Gasteiger partial charge in [-0.2, -0.15) is 0 Å². The van der Waals surface area contributed by atoms with Gasteiger partial charge in [0.1, 0.15) is 22.3 Å². The molecule has 0 aliphatic rings. The van der Waals surface area contributed by atoms with Gasteiger partial charge in [0.2, 0.25) is 0 Å². The van der Waals surface area contributed by atoms with E-state index < -0.39 is 0 Å². The Labute approximate surface area is 275 Å². The third-order valence-corrected chi connectivity index (χ3v) is 10.2. The van der Waals surface area contributed by atoms with Gasteiger partial charge in [-0.05, 0) is 96.4 Å². The predicted molar refractivity (Wildman–Crippen MR) is 202 cm³/mol. The summed E-state index contributed by atoms with van der Waals surface area (Å²) >= 11 is 0. The Morgan fingerprint density at radius 3 is 1.46 bits per heavy atom. The van der Waals surface area contributed by atoms with Gasteiger partial charge in [-0.1, -0.05) is 121 Å². The molecule has 11 rings (SSSR count). The lowest BCUT2D eigenvalue weighted by Crippen LogP contribution is -1.91. The fraction of sp³-hybridized carbons (Fsp3) is 0. The summed E-state index contributed by atoms with van der Waals surface area (Å²) < 4.78 is 13.2. The highest BCUT2D eigenvalue weighted by Crippen LogP contribution is 2.46. The monoisotopic (exact) mass is 610 g/mol. The molecule has 0 spiro atoms. The first kappa shape index (κ1) is 25.8. The molecule has 0 fully saturated rings. The van der Waals surface area contributed by atoms with Crippen molar-refractivity contribution in [1.29, 1.82) is 0 Å². The molecule has 2 aromatic heterocycles. The second-order valence-corrected chi connectivity index (χ2v) is 12.8. The highest BCUT2D eigenvalue weighted by Gasteiger charge is 2.19. The number of benzene rings is 9. The SMILES string of the molecule is c1ccc2cc(-c3c4ccccc4c(-c4ccc5c(c4)oc4cc6c(cc45)oc4c5ccccc5ccc64)c4ccccc34)ccc2c1. The lowest BCUT2D eigenvalue weighted by atomic mass is 9.85. The van der Waals surface area contributed by atoms with E-state index in [2.05, 4.69) is 158 Å². The topological polar surface area (TPSA) is 26.3 Å². The van der Waals surface area contributed by atoms with E-state index in [1.165, 1.54) is 54.4 Å². The van der Waals surface area contributed by atoms with E-state index in [0.29, 0.717) is 0 Å². The summed E-state index contributed by atoms with van der Waals surface area (Å²) in [7, 11) is 0. The molecule has 0 saturated carbocycles. The minimum atomic E-state index is 0.867. The van der Waals surface area contributed by atoms with Crippen molar-refractivity contribution in [2.24, 2.45) is 0 Å². The van der Waals surface area contributed by atoms with Crippen LogP contribution in [0.3, 0.4) is 0 Å². The Morgan fingerprint density at radius 2 is 0.750 bits per heavy atom. The smallest absolute Gasteiger partial charge is 0.143 e. The van der Waals surface area contributed by atoms with Crippen molar-refractivity contribution in [2.45, 2.75) is 0 Å². The third kappa shape index (κ3) is 3.57. The minimum absolute atomic E-state index is 0.867. The van der Waals surface area contributed by atoms with E-state index in [0.717, 1.165) is 54.8 Å². The first-order chi connectivity index (χ1) is 23.8. The summed E-state index contributed by atoms with van der Waals surface area (Å²) in [6, 6.07) is 56.7. The van der Waals surface area contributed by atoms with E-state index in [1.54, 1.807) is 0 Å². The number of rotatable bonds is 2. The highest BCUT2D eigenvalue weighted by atomic mass is 16.3. The van der Waals surface area contributed by atoms with Gasteiger partial charge in [0.15, 0.2) is 0 Å². The van der Waals surface area contributed by atoms with Crippen molar-refractivity contribution in [2.75, 3.05) is 0 Å². The molecule has 0 atom stereocenters. The van der Waals surface area contributed by atoms with Crippen LogP contribution in [0.5, 0.6) is 0 Å². The molecule has 0 N–H and O–H groups in total. The van der Waals surface area contributed by atoms with Gasteiger partial charge in [0, 0.05) is 26.9 Å². The Balaban J connectivity index is 1.14. The summed E-state index contributed by atoms with van der Waals surface area (Å²) in [6.45, 7) is 0. The molecule has 0 unspecified atom stereocenters. The maximum atomic E-state index is 6.64.